The second-order valence-electron chi connectivity index (χ2n) is 3.98. The van der Waals surface area contributed by atoms with Crippen LogP contribution in [0, 0.1) is 0 Å². The molecule has 0 aliphatic carbocycles. The van der Waals surface area contributed by atoms with Crippen LogP contribution in [0.25, 0.3) is 0 Å². The zero-order valence-corrected chi connectivity index (χ0v) is 12.2. The lowest BCUT2D eigenvalue weighted by Gasteiger charge is -2.09. The molecule has 0 atom stereocenters. The van der Waals surface area contributed by atoms with Gasteiger partial charge in [0, 0.05) is 21.7 Å². The molecule has 0 bridgehead atoms. The van der Waals surface area contributed by atoms with E-state index < -0.39 is 5.97 Å². The maximum Gasteiger partial charge on any atom is 0.335 e. The molecule has 0 radical (unpaired) electrons. The van der Waals surface area contributed by atoms with Crippen molar-refractivity contribution < 1.29 is 9.90 Å². The Hall–Kier alpha value is -1.52. The van der Waals surface area contributed by atoms with Crippen molar-refractivity contribution in [2.45, 2.75) is 6.54 Å². The molecular weight excluding hydrogens is 330 g/mol. The van der Waals surface area contributed by atoms with Crippen LogP contribution in [0.2, 0.25) is 5.02 Å². The molecule has 2 N–H and O–H groups in total. The lowest BCUT2D eigenvalue weighted by atomic mass is 10.2. The van der Waals surface area contributed by atoms with Crippen LogP contribution in [0.4, 0.5) is 5.69 Å². The number of hydrogen-bond acceptors (Lipinski definition) is 2. The molecule has 0 saturated heterocycles. The molecule has 2 rings (SSSR count). The fraction of sp³-hybridized carbons (Fsp3) is 0.0714. The minimum atomic E-state index is -0.956. The maximum absolute atomic E-state index is 11.0. The minimum absolute atomic E-state index is 0.232. The Kier molecular flexibility index (Phi) is 4.45. The van der Waals surface area contributed by atoms with E-state index >= 15 is 0 Å². The largest absolute Gasteiger partial charge is 0.478 e. The number of carboxylic acid groups (broad SMARTS) is 1. The molecule has 19 heavy (non-hydrogen) atoms. The van der Waals surface area contributed by atoms with Gasteiger partial charge in [-0.25, -0.2) is 4.79 Å². The van der Waals surface area contributed by atoms with Crippen molar-refractivity contribution >= 4 is 39.2 Å². The van der Waals surface area contributed by atoms with Gasteiger partial charge in [-0.15, -0.1) is 0 Å². The van der Waals surface area contributed by atoms with Gasteiger partial charge in [-0.1, -0.05) is 45.7 Å². The molecule has 0 spiro atoms. The summed E-state index contributed by atoms with van der Waals surface area (Å²) in [6.07, 6.45) is 0. The molecule has 2 aromatic rings. The van der Waals surface area contributed by atoms with Crippen LogP contribution in [0.5, 0.6) is 0 Å². The van der Waals surface area contributed by atoms with E-state index in [0.717, 1.165) is 11.3 Å². The molecule has 0 unspecified atom stereocenters. The molecule has 0 aliphatic heterocycles. The Morgan fingerprint density at radius 2 is 2.00 bits per heavy atom. The van der Waals surface area contributed by atoms with E-state index in [2.05, 4.69) is 21.2 Å². The number of anilines is 1. The third-order valence-electron chi connectivity index (χ3n) is 2.59. The fourth-order valence-corrected chi connectivity index (χ4v) is 2.35. The topological polar surface area (TPSA) is 49.3 Å². The summed E-state index contributed by atoms with van der Waals surface area (Å²) in [6, 6.07) is 12.5. The SMILES string of the molecule is O=C(O)c1cc(Br)cc(NCc2ccccc2Cl)c1. The number of rotatable bonds is 4. The van der Waals surface area contributed by atoms with Gasteiger partial charge in [0.25, 0.3) is 0 Å². The second kappa shape index (κ2) is 6.08. The molecular formula is C14H11BrClNO2. The van der Waals surface area contributed by atoms with Gasteiger partial charge in [-0.2, -0.15) is 0 Å². The summed E-state index contributed by atoms with van der Waals surface area (Å²) in [5.41, 5.74) is 1.92. The zero-order chi connectivity index (χ0) is 13.8. The van der Waals surface area contributed by atoms with E-state index in [4.69, 9.17) is 16.7 Å². The first-order valence-corrected chi connectivity index (χ1v) is 6.74. The number of carboxylic acids is 1. The van der Waals surface area contributed by atoms with Crippen LogP contribution in [-0.4, -0.2) is 11.1 Å². The average Bonchev–Trinajstić information content (AvgIpc) is 2.37. The molecule has 0 amide bonds. The number of hydrogen-bond donors (Lipinski definition) is 2. The standard InChI is InChI=1S/C14H11BrClNO2/c15-11-5-10(14(18)19)6-12(7-11)17-8-9-3-1-2-4-13(9)16/h1-7,17H,8H2,(H,18,19). The lowest BCUT2D eigenvalue weighted by molar-refractivity contribution is 0.0697. The lowest BCUT2D eigenvalue weighted by Crippen LogP contribution is -2.02. The van der Waals surface area contributed by atoms with E-state index in [-0.39, 0.29) is 5.56 Å². The van der Waals surface area contributed by atoms with Crippen LogP contribution < -0.4 is 5.32 Å². The average molecular weight is 341 g/mol. The van der Waals surface area contributed by atoms with E-state index in [1.807, 2.05) is 30.3 Å². The van der Waals surface area contributed by atoms with Crippen molar-refractivity contribution in [3.05, 3.63) is 63.1 Å². The molecule has 98 valence electrons. The number of carbonyl (C=O) groups is 1. The van der Waals surface area contributed by atoms with E-state index in [0.29, 0.717) is 16.0 Å². The Morgan fingerprint density at radius 3 is 2.68 bits per heavy atom. The molecule has 0 heterocycles. The summed E-state index contributed by atoms with van der Waals surface area (Å²) in [6.45, 7) is 0.537. The number of halogens is 2. The second-order valence-corrected chi connectivity index (χ2v) is 5.30. The van der Waals surface area contributed by atoms with Crippen LogP contribution in [-0.2, 0) is 6.54 Å². The normalized spacial score (nSPS) is 10.2. The molecule has 0 fully saturated rings. The third-order valence-corrected chi connectivity index (χ3v) is 3.41. The van der Waals surface area contributed by atoms with Gasteiger partial charge in [0.05, 0.1) is 5.56 Å². The van der Waals surface area contributed by atoms with Gasteiger partial charge in [-0.3, -0.25) is 0 Å². The predicted octanol–water partition coefficient (Wildman–Crippen LogP) is 4.41. The fourth-order valence-electron chi connectivity index (χ4n) is 1.65. The number of benzene rings is 2. The summed E-state index contributed by atoms with van der Waals surface area (Å²) >= 11 is 9.35. The number of nitrogens with one attached hydrogen (secondary N) is 1. The monoisotopic (exact) mass is 339 g/mol. The Balaban J connectivity index is 2.16. The quantitative estimate of drug-likeness (QED) is 0.866. The molecule has 0 aliphatic rings. The van der Waals surface area contributed by atoms with Crippen molar-refractivity contribution in [3.8, 4) is 0 Å². The Bertz CT molecular complexity index is 616. The van der Waals surface area contributed by atoms with Gasteiger partial charge in [0.2, 0.25) is 0 Å². The highest BCUT2D eigenvalue weighted by Crippen LogP contribution is 2.22. The predicted molar refractivity (Wildman–Crippen MR) is 79.9 cm³/mol. The first-order valence-electron chi connectivity index (χ1n) is 5.57. The highest BCUT2D eigenvalue weighted by Gasteiger charge is 2.06. The summed E-state index contributed by atoms with van der Waals surface area (Å²) < 4.78 is 0.717. The zero-order valence-electron chi connectivity index (χ0n) is 9.86. The van der Waals surface area contributed by atoms with Gasteiger partial charge in [0.1, 0.15) is 0 Å². The van der Waals surface area contributed by atoms with E-state index in [9.17, 15) is 4.79 Å². The first kappa shape index (κ1) is 13.9. The summed E-state index contributed by atoms with van der Waals surface area (Å²) in [7, 11) is 0. The third kappa shape index (κ3) is 3.72. The van der Waals surface area contributed by atoms with Gasteiger partial charge < -0.3 is 10.4 Å². The molecule has 0 saturated carbocycles. The van der Waals surface area contributed by atoms with Crippen LogP contribution in [0.15, 0.2) is 46.9 Å². The van der Waals surface area contributed by atoms with Crippen molar-refractivity contribution in [3.63, 3.8) is 0 Å². The van der Waals surface area contributed by atoms with E-state index in [1.165, 1.54) is 0 Å². The summed E-state index contributed by atoms with van der Waals surface area (Å²) in [5.74, 6) is -0.956. The van der Waals surface area contributed by atoms with Crippen molar-refractivity contribution in [1.29, 1.82) is 0 Å². The Labute approximate surface area is 124 Å². The van der Waals surface area contributed by atoms with Gasteiger partial charge in [0.15, 0.2) is 0 Å². The summed E-state index contributed by atoms with van der Waals surface area (Å²) in [4.78, 5) is 11.0. The van der Waals surface area contributed by atoms with Crippen LogP contribution >= 0.6 is 27.5 Å². The summed E-state index contributed by atoms with van der Waals surface area (Å²) in [5, 5.41) is 12.8. The molecule has 5 heteroatoms. The molecule has 0 aromatic heterocycles. The Morgan fingerprint density at radius 1 is 1.26 bits per heavy atom. The number of aromatic carboxylic acids is 1. The van der Waals surface area contributed by atoms with Crippen molar-refractivity contribution in [2.24, 2.45) is 0 Å². The van der Waals surface area contributed by atoms with Crippen molar-refractivity contribution in [2.75, 3.05) is 5.32 Å². The molecule has 3 nitrogen and oxygen atoms in total. The van der Waals surface area contributed by atoms with Crippen LogP contribution in [0.3, 0.4) is 0 Å². The van der Waals surface area contributed by atoms with Gasteiger partial charge >= 0.3 is 5.97 Å². The first-order chi connectivity index (χ1) is 9.06. The van der Waals surface area contributed by atoms with E-state index in [1.54, 1.807) is 12.1 Å². The van der Waals surface area contributed by atoms with Gasteiger partial charge in [-0.05, 0) is 29.8 Å². The highest BCUT2D eigenvalue weighted by molar-refractivity contribution is 9.10. The highest BCUT2D eigenvalue weighted by atomic mass is 79.9. The maximum atomic E-state index is 11.0. The smallest absolute Gasteiger partial charge is 0.335 e. The van der Waals surface area contributed by atoms with Crippen molar-refractivity contribution in [1.82, 2.24) is 0 Å². The van der Waals surface area contributed by atoms with Crippen LogP contribution in [0.1, 0.15) is 15.9 Å². The minimum Gasteiger partial charge on any atom is -0.478 e. The molecule has 2 aromatic carbocycles.